The molecule has 204 valence electrons. The van der Waals surface area contributed by atoms with E-state index in [1.165, 1.54) is 18.0 Å². The van der Waals surface area contributed by atoms with E-state index in [0.29, 0.717) is 16.5 Å². The number of aromatic nitrogens is 2. The van der Waals surface area contributed by atoms with Crippen LogP contribution in [0.1, 0.15) is 43.1 Å². The molecule has 3 heterocycles. The Kier molecular flexibility index (Phi) is 9.95. The number of ketones is 1. The maximum Gasteiger partial charge on any atom is 0.247 e. The molecule has 0 unspecified atom stereocenters. The molecule has 1 fully saturated rings. The third-order valence-corrected chi connectivity index (χ3v) is 6.61. The number of Topliss-reactive ketones (excluding diaryl/α,β-unsaturated/α-hetero) is 1. The molecule has 1 aromatic carbocycles. The van der Waals surface area contributed by atoms with E-state index in [-0.39, 0.29) is 36.1 Å². The molecule has 4 rings (SSSR count). The van der Waals surface area contributed by atoms with Gasteiger partial charge in [-0.3, -0.25) is 14.4 Å². The molecule has 1 N–H and O–H groups in total. The maximum atomic E-state index is 14.4. The molecule has 0 bridgehead atoms. The number of alkyl halides is 1. The highest BCUT2D eigenvalue weighted by Gasteiger charge is 2.40. The predicted octanol–water partition coefficient (Wildman–Crippen LogP) is 6.25. The Bertz CT molecular complexity index is 1450. The van der Waals surface area contributed by atoms with Crippen LogP contribution in [0.5, 0.6) is 0 Å². The zero-order valence-corrected chi connectivity index (χ0v) is 23.0. The molecule has 1 saturated heterocycles. The molecule has 3 aromatic rings. The van der Waals surface area contributed by atoms with E-state index >= 15 is 0 Å². The summed E-state index contributed by atoms with van der Waals surface area (Å²) in [6, 6.07) is 7.74. The third kappa shape index (κ3) is 6.52. The first-order chi connectivity index (χ1) is 18.7. The van der Waals surface area contributed by atoms with Crippen molar-refractivity contribution in [1.82, 2.24) is 14.5 Å². The van der Waals surface area contributed by atoms with Gasteiger partial charge < -0.3 is 14.8 Å². The number of rotatable bonds is 8. The summed E-state index contributed by atoms with van der Waals surface area (Å²) in [5.74, 6) is -1.13. The molecule has 0 aliphatic carbocycles. The van der Waals surface area contributed by atoms with E-state index < -0.39 is 24.0 Å². The van der Waals surface area contributed by atoms with Gasteiger partial charge in [0, 0.05) is 35.3 Å². The number of benzene rings is 1. The zero-order valence-electron chi connectivity index (χ0n) is 22.3. The Morgan fingerprint density at radius 2 is 1.97 bits per heavy atom. The second kappa shape index (κ2) is 13.2. The molecule has 0 radical (unpaired) electrons. The van der Waals surface area contributed by atoms with Gasteiger partial charge in [-0.1, -0.05) is 62.9 Å². The monoisotopic (exact) mass is 550 g/mol. The summed E-state index contributed by atoms with van der Waals surface area (Å²) in [7, 11) is 0. The van der Waals surface area contributed by atoms with Crippen LogP contribution in [-0.2, 0) is 16.1 Å². The van der Waals surface area contributed by atoms with E-state index in [1.54, 1.807) is 35.0 Å². The Balaban J connectivity index is 0.00000205. The maximum absolute atomic E-state index is 14.4. The molecular weight excluding hydrogens is 519 g/mol. The van der Waals surface area contributed by atoms with Gasteiger partial charge in [0.15, 0.2) is 10.9 Å². The summed E-state index contributed by atoms with van der Waals surface area (Å²) < 4.78 is 16.1. The highest BCUT2D eigenvalue weighted by Crippen LogP contribution is 2.29. The van der Waals surface area contributed by atoms with Crippen molar-refractivity contribution < 1.29 is 18.8 Å². The molecule has 7 nitrogen and oxygen atoms in total. The number of likely N-dealkylation sites (tertiary alicyclic amines) is 1. The smallest absolute Gasteiger partial charge is 0.247 e. The highest BCUT2D eigenvalue weighted by molar-refractivity contribution is 6.32. The number of nitrogens with one attached hydrogen (secondary N) is 1. The number of anilines is 1. The summed E-state index contributed by atoms with van der Waals surface area (Å²) in [4.78, 5) is 43.8. The summed E-state index contributed by atoms with van der Waals surface area (Å²) in [6.07, 6.45) is 6.80. The van der Waals surface area contributed by atoms with Crippen LogP contribution in [0.15, 0.2) is 74.1 Å². The fraction of sp³-hybridized carbons (Fsp3) is 0.267. The molecule has 2 aromatic heterocycles. The average Bonchev–Trinajstić information content (AvgIpc) is 3.50. The molecule has 0 spiro atoms. The molecule has 39 heavy (non-hydrogen) atoms. The summed E-state index contributed by atoms with van der Waals surface area (Å²) in [6.45, 7) is 12.6. The molecule has 2 amide bonds. The number of nitrogens with zero attached hydrogens (tertiary/aromatic N) is 3. The molecule has 2 atom stereocenters. The molecule has 9 heteroatoms. The van der Waals surface area contributed by atoms with Gasteiger partial charge in [-0.2, -0.15) is 0 Å². The standard InChI is InChI=1S/C28H26ClFN4O3.C2H6/c1-4-7-18(5-2)19-9-10-24-21(12-19)22(17(3)35)15-33(24)16-26(36)34-14-20(30)13-25(34)28(37)32-23-8-6-11-31-27(23)29;1-2/h4-12,15,20,25H,1-2,13-14,16H2,3H3,(H,32,37);1-2H3/b18-7+;/t20-,25+;/m1./s1. The summed E-state index contributed by atoms with van der Waals surface area (Å²) in [5, 5.41) is 3.42. The van der Waals surface area contributed by atoms with Gasteiger partial charge in [0.25, 0.3) is 0 Å². The van der Waals surface area contributed by atoms with Crippen LogP contribution in [0.4, 0.5) is 10.1 Å². The lowest BCUT2D eigenvalue weighted by Crippen LogP contribution is -2.44. The van der Waals surface area contributed by atoms with Gasteiger partial charge in [-0.25, -0.2) is 9.37 Å². The number of halogens is 2. The topological polar surface area (TPSA) is 84.3 Å². The SMILES string of the molecule is C=C/C=C(\C=C)c1ccc2c(c1)c(C(C)=O)cn2CC(=O)N1C[C@H](F)C[C@H]1C(=O)Nc1cccnc1Cl.CC. The number of hydrogen-bond donors (Lipinski definition) is 1. The van der Waals surface area contributed by atoms with Gasteiger partial charge in [0.1, 0.15) is 18.8 Å². The van der Waals surface area contributed by atoms with E-state index in [1.807, 2.05) is 38.1 Å². The lowest BCUT2D eigenvalue weighted by atomic mass is 10.0. The van der Waals surface area contributed by atoms with Crippen LogP contribution in [0.3, 0.4) is 0 Å². The van der Waals surface area contributed by atoms with E-state index in [0.717, 1.165) is 11.1 Å². The van der Waals surface area contributed by atoms with Crippen molar-refractivity contribution in [2.75, 3.05) is 11.9 Å². The van der Waals surface area contributed by atoms with Gasteiger partial charge in [0.2, 0.25) is 11.8 Å². The summed E-state index contributed by atoms with van der Waals surface area (Å²) in [5.41, 5.74) is 3.09. The summed E-state index contributed by atoms with van der Waals surface area (Å²) >= 11 is 6.03. The van der Waals surface area contributed by atoms with Gasteiger partial charge in [0.05, 0.1) is 12.2 Å². The zero-order chi connectivity index (χ0) is 28.7. The molecular formula is C30H32ClFN4O3. The lowest BCUT2D eigenvalue weighted by Gasteiger charge is -2.24. The fourth-order valence-corrected chi connectivity index (χ4v) is 4.70. The van der Waals surface area contributed by atoms with E-state index in [2.05, 4.69) is 23.5 Å². The number of allylic oxidation sites excluding steroid dienone is 4. The predicted molar refractivity (Wildman–Crippen MR) is 155 cm³/mol. The Hall–Kier alpha value is -4.04. The third-order valence-electron chi connectivity index (χ3n) is 6.31. The lowest BCUT2D eigenvalue weighted by molar-refractivity contribution is -0.137. The van der Waals surface area contributed by atoms with Crippen LogP contribution in [-0.4, -0.2) is 50.8 Å². The van der Waals surface area contributed by atoms with E-state index in [4.69, 9.17) is 11.6 Å². The fourth-order valence-electron chi connectivity index (χ4n) is 4.54. The quantitative estimate of drug-likeness (QED) is 0.204. The second-order valence-corrected chi connectivity index (χ2v) is 9.10. The minimum absolute atomic E-state index is 0.0982. The number of amides is 2. The van der Waals surface area contributed by atoms with Crippen molar-refractivity contribution in [1.29, 1.82) is 0 Å². The largest absolute Gasteiger partial charge is 0.337 e. The Morgan fingerprint density at radius 1 is 1.23 bits per heavy atom. The minimum Gasteiger partial charge on any atom is -0.337 e. The average molecular weight is 551 g/mol. The first-order valence-corrected chi connectivity index (χ1v) is 13.1. The van der Waals surface area contributed by atoms with Crippen LogP contribution in [0, 0.1) is 0 Å². The van der Waals surface area contributed by atoms with Crippen LogP contribution < -0.4 is 5.32 Å². The van der Waals surface area contributed by atoms with Crippen molar-refractivity contribution in [3.63, 3.8) is 0 Å². The number of carbonyl (C=O) groups excluding carboxylic acids is 3. The van der Waals surface area contributed by atoms with Crippen LogP contribution >= 0.6 is 11.6 Å². The van der Waals surface area contributed by atoms with Crippen molar-refractivity contribution in [3.05, 3.63) is 90.4 Å². The Morgan fingerprint density at radius 3 is 2.62 bits per heavy atom. The number of pyridine rings is 1. The van der Waals surface area contributed by atoms with Gasteiger partial charge in [-0.15, -0.1) is 0 Å². The van der Waals surface area contributed by atoms with E-state index in [9.17, 15) is 18.8 Å². The normalized spacial score (nSPS) is 16.8. The molecule has 1 aliphatic rings. The van der Waals surface area contributed by atoms with Gasteiger partial charge in [-0.05, 0) is 42.3 Å². The van der Waals surface area contributed by atoms with Crippen LogP contribution in [0.25, 0.3) is 16.5 Å². The first-order valence-electron chi connectivity index (χ1n) is 12.7. The minimum atomic E-state index is -1.34. The van der Waals surface area contributed by atoms with Crippen LogP contribution in [0.2, 0.25) is 5.15 Å². The molecule has 1 aliphatic heterocycles. The Labute approximate surface area is 232 Å². The number of hydrogen-bond acceptors (Lipinski definition) is 4. The first kappa shape index (κ1) is 29.5. The number of carbonyl (C=O) groups is 3. The van der Waals surface area contributed by atoms with Gasteiger partial charge >= 0.3 is 0 Å². The highest BCUT2D eigenvalue weighted by atomic mass is 35.5. The van der Waals surface area contributed by atoms with Crippen molar-refractivity contribution in [2.24, 2.45) is 0 Å². The second-order valence-electron chi connectivity index (χ2n) is 8.75. The molecule has 0 saturated carbocycles. The van der Waals surface area contributed by atoms with Crippen molar-refractivity contribution >= 4 is 51.4 Å². The number of fused-ring (bicyclic) bond motifs is 1. The van der Waals surface area contributed by atoms with Crippen molar-refractivity contribution in [3.8, 4) is 0 Å². The van der Waals surface area contributed by atoms with Crippen molar-refractivity contribution in [2.45, 2.75) is 46.0 Å².